The van der Waals surface area contributed by atoms with Crippen molar-refractivity contribution >= 4 is 18.4 Å². The number of hydrogen-bond acceptors (Lipinski definition) is 3. The molecule has 0 radical (unpaired) electrons. The molecule has 0 bridgehead atoms. The highest BCUT2D eigenvalue weighted by Crippen LogP contribution is 2.04. The number of carboxylic acids is 1. The van der Waals surface area contributed by atoms with E-state index in [0.717, 1.165) is 5.56 Å². The summed E-state index contributed by atoms with van der Waals surface area (Å²) in [6.45, 7) is 0. The SMILES string of the molecule is Cl.O=C(O)c1nnc(Cc2ccccc2)[nH]1. The van der Waals surface area contributed by atoms with Crippen molar-refractivity contribution in [1.82, 2.24) is 15.2 Å². The smallest absolute Gasteiger partial charge is 0.373 e. The van der Waals surface area contributed by atoms with Crippen LogP contribution in [0.4, 0.5) is 0 Å². The second kappa shape index (κ2) is 5.27. The Morgan fingerprint density at radius 1 is 1.25 bits per heavy atom. The van der Waals surface area contributed by atoms with Crippen molar-refractivity contribution < 1.29 is 9.90 Å². The standard InChI is InChI=1S/C10H9N3O2.ClH/c14-10(15)9-11-8(12-13-9)6-7-4-2-1-3-5-7;/h1-5H,6H2,(H,14,15)(H,11,12,13);1H. The largest absolute Gasteiger partial charge is 0.475 e. The van der Waals surface area contributed by atoms with Gasteiger partial charge in [0, 0.05) is 6.42 Å². The predicted octanol–water partition coefficient (Wildman–Crippen LogP) is 1.52. The van der Waals surface area contributed by atoms with Gasteiger partial charge in [0.15, 0.2) is 0 Å². The van der Waals surface area contributed by atoms with Crippen molar-refractivity contribution in [1.29, 1.82) is 0 Å². The quantitative estimate of drug-likeness (QED) is 0.851. The summed E-state index contributed by atoms with van der Waals surface area (Å²) in [7, 11) is 0. The van der Waals surface area contributed by atoms with Gasteiger partial charge in [-0.2, -0.15) is 0 Å². The molecule has 1 heterocycles. The van der Waals surface area contributed by atoms with Crippen LogP contribution in [0.25, 0.3) is 0 Å². The number of carboxylic acid groups (broad SMARTS) is 1. The Kier molecular flexibility index (Phi) is 4.02. The molecule has 2 rings (SSSR count). The van der Waals surface area contributed by atoms with Crippen LogP contribution in [0.1, 0.15) is 22.0 Å². The lowest BCUT2D eigenvalue weighted by Crippen LogP contribution is -1.99. The molecule has 0 aliphatic carbocycles. The molecule has 0 fully saturated rings. The lowest BCUT2D eigenvalue weighted by Gasteiger charge is -1.95. The van der Waals surface area contributed by atoms with Gasteiger partial charge < -0.3 is 10.1 Å². The summed E-state index contributed by atoms with van der Waals surface area (Å²) in [6.07, 6.45) is 0.557. The first-order valence-electron chi connectivity index (χ1n) is 4.44. The minimum Gasteiger partial charge on any atom is -0.475 e. The number of H-pyrrole nitrogens is 1. The van der Waals surface area contributed by atoms with Crippen molar-refractivity contribution in [2.24, 2.45) is 0 Å². The molecule has 0 aliphatic rings. The third kappa shape index (κ3) is 2.80. The summed E-state index contributed by atoms with van der Waals surface area (Å²) in [4.78, 5) is 13.2. The molecule has 1 aromatic heterocycles. The zero-order valence-electron chi connectivity index (χ0n) is 8.25. The maximum absolute atomic E-state index is 10.5. The fraction of sp³-hybridized carbons (Fsp3) is 0.100. The minimum absolute atomic E-state index is 0. The molecular formula is C10H10ClN3O2. The second-order valence-corrected chi connectivity index (χ2v) is 3.09. The van der Waals surface area contributed by atoms with Crippen molar-refractivity contribution in [3.63, 3.8) is 0 Å². The van der Waals surface area contributed by atoms with E-state index < -0.39 is 5.97 Å². The highest BCUT2D eigenvalue weighted by Gasteiger charge is 2.09. The summed E-state index contributed by atoms with van der Waals surface area (Å²) < 4.78 is 0. The Labute approximate surface area is 97.9 Å². The molecule has 0 spiro atoms. The van der Waals surface area contributed by atoms with Gasteiger partial charge in [-0.05, 0) is 5.56 Å². The number of halogens is 1. The zero-order chi connectivity index (χ0) is 10.7. The number of aromatic amines is 1. The fourth-order valence-electron chi connectivity index (χ4n) is 1.26. The monoisotopic (exact) mass is 239 g/mol. The topological polar surface area (TPSA) is 78.9 Å². The molecule has 1 aromatic carbocycles. The average molecular weight is 240 g/mol. The summed E-state index contributed by atoms with van der Waals surface area (Å²) in [5.74, 6) is -0.665. The minimum atomic E-state index is -1.10. The van der Waals surface area contributed by atoms with Gasteiger partial charge in [-0.15, -0.1) is 22.6 Å². The van der Waals surface area contributed by atoms with Gasteiger partial charge in [0.2, 0.25) is 5.82 Å². The van der Waals surface area contributed by atoms with Crippen molar-refractivity contribution in [2.45, 2.75) is 6.42 Å². The summed E-state index contributed by atoms with van der Waals surface area (Å²) in [6, 6.07) is 9.66. The van der Waals surface area contributed by atoms with Gasteiger partial charge >= 0.3 is 5.97 Å². The van der Waals surface area contributed by atoms with E-state index in [1.54, 1.807) is 0 Å². The normalized spacial score (nSPS) is 9.50. The molecule has 0 saturated heterocycles. The van der Waals surface area contributed by atoms with Crippen LogP contribution in [-0.2, 0) is 6.42 Å². The highest BCUT2D eigenvalue weighted by molar-refractivity contribution is 5.85. The molecule has 0 unspecified atom stereocenters. The molecule has 0 aliphatic heterocycles. The van der Waals surface area contributed by atoms with Crippen LogP contribution in [0.2, 0.25) is 0 Å². The van der Waals surface area contributed by atoms with E-state index in [1.807, 2.05) is 30.3 Å². The summed E-state index contributed by atoms with van der Waals surface area (Å²) >= 11 is 0. The Bertz CT molecular complexity index is 470. The molecule has 0 amide bonds. The number of aromatic carboxylic acids is 1. The van der Waals surface area contributed by atoms with Crippen LogP contribution in [0.15, 0.2) is 30.3 Å². The Morgan fingerprint density at radius 2 is 1.94 bits per heavy atom. The number of hydrogen-bond donors (Lipinski definition) is 2. The van der Waals surface area contributed by atoms with E-state index in [4.69, 9.17) is 5.11 Å². The number of rotatable bonds is 3. The van der Waals surface area contributed by atoms with Crippen LogP contribution >= 0.6 is 12.4 Å². The van der Waals surface area contributed by atoms with Gasteiger partial charge in [-0.3, -0.25) is 0 Å². The number of carbonyl (C=O) groups is 1. The molecule has 6 heteroatoms. The van der Waals surface area contributed by atoms with Crippen molar-refractivity contribution in [3.8, 4) is 0 Å². The van der Waals surface area contributed by atoms with Gasteiger partial charge in [0.25, 0.3) is 0 Å². The number of nitrogens with one attached hydrogen (secondary N) is 1. The number of benzene rings is 1. The van der Waals surface area contributed by atoms with Crippen molar-refractivity contribution in [2.75, 3.05) is 0 Å². The maximum atomic E-state index is 10.5. The molecule has 84 valence electrons. The van der Waals surface area contributed by atoms with Gasteiger partial charge in [-0.25, -0.2) is 4.79 Å². The second-order valence-electron chi connectivity index (χ2n) is 3.09. The van der Waals surface area contributed by atoms with E-state index >= 15 is 0 Å². The highest BCUT2D eigenvalue weighted by atomic mass is 35.5. The Hall–Kier alpha value is -1.88. The van der Waals surface area contributed by atoms with Crippen LogP contribution in [0.5, 0.6) is 0 Å². The molecule has 16 heavy (non-hydrogen) atoms. The lowest BCUT2D eigenvalue weighted by atomic mass is 10.1. The van der Waals surface area contributed by atoms with Gasteiger partial charge in [0.1, 0.15) is 5.82 Å². The first-order chi connectivity index (χ1) is 7.25. The van der Waals surface area contributed by atoms with E-state index in [-0.39, 0.29) is 18.2 Å². The Balaban J connectivity index is 0.00000128. The molecule has 0 saturated carbocycles. The third-order valence-corrected chi connectivity index (χ3v) is 1.95. The molecular weight excluding hydrogens is 230 g/mol. The van der Waals surface area contributed by atoms with Crippen LogP contribution < -0.4 is 0 Å². The van der Waals surface area contributed by atoms with Crippen LogP contribution in [0.3, 0.4) is 0 Å². The van der Waals surface area contributed by atoms with E-state index in [1.165, 1.54) is 0 Å². The zero-order valence-corrected chi connectivity index (χ0v) is 9.07. The fourth-order valence-corrected chi connectivity index (χ4v) is 1.26. The first kappa shape index (κ1) is 12.2. The van der Waals surface area contributed by atoms with Gasteiger partial charge in [0.05, 0.1) is 0 Å². The molecule has 0 atom stereocenters. The average Bonchev–Trinajstić information content (AvgIpc) is 2.68. The summed E-state index contributed by atoms with van der Waals surface area (Å²) in [5.41, 5.74) is 1.06. The third-order valence-electron chi connectivity index (χ3n) is 1.95. The van der Waals surface area contributed by atoms with E-state index in [9.17, 15) is 4.79 Å². The number of nitrogens with zero attached hydrogens (tertiary/aromatic N) is 2. The van der Waals surface area contributed by atoms with Crippen LogP contribution in [-0.4, -0.2) is 26.3 Å². The van der Waals surface area contributed by atoms with Crippen LogP contribution in [0, 0.1) is 0 Å². The maximum Gasteiger partial charge on any atom is 0.373 e. The Morgan fingerprint density at radius 3 is 2.50 bits per heavy atom. The van der Waals surface area contributed by atoms with E-state index in [2.05, 4.69) is 15.2 Å². The first-order valence-corrected chi connectivity index (χ1v) is 4.44. The van der Waals surface area contributed by atoms with Crippen molar-refractivity contribution in [3.05, 3.63) is 47.5 Å². The summed E-state index contributed by atoms with van der Waals surface area (Å²) in [5, 5.41) is 15.9. The predicted molar refractivity (Wildman–Crippen MR) is 59.8 cm³/mol. The molecule has 2 aromatic rings. The number of aromatic nitrogens is 3. The van der Waals surface area contributed by atoms with Gasteiger partial charge in [-0.1, -0.05) is 30.3 Å². The van der Waals surface area contributed by atoms with E-state index in [0.29, 0.717) is 12.2 Å². The molecule has 5 nitrogen and oxygen atoms in total. The lowest BCUT2D eigenvalue weighted by molar-refractivity contribution is 0.0684. The molecule has 2 N–H and O–H groups in total.